The second kappa shape index (κ2) is 8.53. The van der Waals surface area contributed by atoms with Gasteiger partial charge in [-0.3, -0.25) is 14.9 Å². The van der Waals surface area contributed by atoms with Crippen LogP contribution in [-0.2, 0) is 4.79 Å². The average molecular weight is 403 g/mol. The third kappa shape index (κ3) is 4.59. The van der Waals surface area contributed by atoms with Gasteiger partial charge >= 0.3 is 0 Å². The molecule has 0 aliphatic rings. The van der Waals surface area contributed by atoms with Crippen molar-refractivity contribution in [1.29, 1.82) is 0 Å². The van der Waals surface area contributed by atoms with Crippen molar-refractivity contribution >= 4 is 44.7 Å². The summed E-state index contributed by atoms with van der Waals surface area (Å²) in [7, 11) is 0. The van der Waals surface area contributed by atoms with Crippen LogP contribution in [0.5, 0.6) is 5.75 Å². The maximum atomic E-state index is 12.5. The molecule has 29 heavy (non-hydrogen) atoms. The molecule has 0 atom stereocenters. The minimum absolute atomic E-state index is 0.166. The van der Waals surface area contributed by atoms with Crippen molar-refractivity contribution in [3.63, 3.8) is 0 Å². The lowest BCUT2D eigenvalue weighted by Crippen LogP contribution is -2.22. The van der Waals surface area contributed by atoms with Gasteiger partial charge < -0.3 is 10.1 Å². The van der Waals surface area contributed by atoms with Crippen molar-refractivity contribution in [3.05, 3.63) is 83.9 Å². The van der Waals surface area contributed by atoms with Gasteiger partial charge in [-0.1, -0.05) is 42.5 Å². The quantitative estimate of drug-likeness (QED) is 0.494. The Morgan fingerprint density at radius 3 is 2.55 bits per heavy atom. The van der Waals surface area contributed by atoms with Crippen molar-refractivity contribution < 1.29 is 14.3 Å². The van der Waals surface area contributed by atoms with Gasteiger partial charge in [-0.05, 0) is 35.0 Å². The van der Waals surface area contributed by atoms with Crippen molar-refractivity contribution in [1.82, 2.24) is 4.98 Å². The number of para-hydroxylation sites is 1. The summed E-state index contributed by atoms with van der Waals surface area (Å²) >= 11 is 1.32. The molecule has 6 nitrogen and oxygen atoms in total. The minimum Gasteiger partial charge on any atom is -0.484 e. The first-order valence-corrected chi connectivity index (χ1v) is 9.78. The number of hydrogen-bond donors (Lipinski definition) is 2. The molecule has 4 aromatic rings. The van der Waals surface area contributed by atoms with E-state index in [4.69, 9.17) is 4.74 Å². The summed E-state index contributed by atoms with van der Waals surface area (Å²) in [6.45, 7) is -0.166. The van der Waals surface area contributed by atoms with E-state index in [9.17, 15) is 9.59 Å². The number of amides is 2. The number of rotatable bonds is 6. The Bertz CT molecular complexity index is 1160. The van der Waals surface area contributed by atoms with Crippen LogP contribution < -0.4 is 15.4 Å². The molecular weight excluding hydrogens is 386 g/mol. The number of carbonyl (C=O) groups is 2. The summed E-state index contributed by atoms with van der Waals surface area (Å²) in [6.07, 6.45) is 1.61. The second-order valence-corrected chi connectivity index (χ2v) is 7.08. The standard InChI is InChI=1S/C22H17N3O3S/c26-20(14-28-17-10-9-15-5-1-2-6-16(15)13-17)24-19-8-4-3-7-18(19)21(27)25-22-23-11-12-29-22/h1-13H,14H2,(H,24,26)(H,23,25,27). The van der Waals surface area contributed by atoms with Gasteiger partial charge in [0.15, 0.2) is 11.7 Å². The molecular formula is C22H17N3O3S. The monoisotopic (exact) mass is 403 g/mol. The number of benzene rings is 3. The van der Waals surface area contributed by atoms with Crippen molar-refractivity contribution in [2.45, 2.75) is 0 Å². The number of anilines is 2. The molecule has 4 rings (SSSR count). The highest BCUT2D eigenvalue weighted by atomic mass is 32.1. The van der Waals surface area contributed by atoms with Crippen LogP contribution in [0, 0.1) is 0 Å². The predicted molar refractivity (Wildman–Crippen MR) is 115 cm³/mol. The largest absolute Gasteiger partial charge is 0.484 e. The normalized spacial score (nSPS) is 10.5. The summed E-state index contributed by atoms with van der Waals surface area (Å²) in [5.41, 5.74) is 0.760. The van der Waals surface area contributed by atoms with E-state index >= 15 is 0 Å². The van der Waals surface area contributed by atoms with E-state index < -0.39 is 0 Å². The molecule has 0 fully saturated rings. The molecule has 0 bridgehead atoms. The minimum atomic E-state index is -0.354. The number of nitrogens with one attached hydrogen (secondary N) is 2. The number of carbonyl (C=O) groups excluding carboxylic acids is 2. The van der Waals surface area contributed by atoms with Crippen LogP contribution in [0.3, 0.4) is 0 Å². The summed E-state index contributed by atoms with van der Waals surface area (Å²) in [4.78, 5) is 28.9. The van der Waals surface area contributed by atoms with E-state index in [1.807, 2.05) is 42.5 Å². The molecule has 0 aliphatic heterocycles. The Hall–Kier alpha value is -3.71. The van der Waals surface area contributed by atoms with E-state index in [0.29, 0.717) is 22.1 Å². The molecule has 0 aliphatic carbocycles. The zero-order valence-electron chi connectivity index (χ0n) is 15.3. The first-order valence-electron chi connectivity index (χ1n) is 8.90. The van der Waals surface area contributed by atoms with Gasteiger partial charge in [0.25, 0.3) is 11.8 Å². The topological polar surface area (TPSA) is 80.3 Å². The molecule has 1 aromatic heterocycles. The molecule has 0 saturated carbocycles. The number of fused-ring (bicyclic) bond motifs is 1. The van der Waals surface area contributed by atoms with Crippen LogP contribution in [0.1, 0.15) is 10.4 Å². The van der Waals surface area contributed by atoms with Gasteiger partial charge in [0, 0.05) is 11.6 Å². The molecule has 0 saturated heterocycles. The molecule has 0 spiro atoms. The lowest BCUT2D eigenvalue weighted by atomic mass is 10.1. The van der Waals surface area contributed by atoms with E-state index in [1.165, 1.54) is 11.3 Å². The Morgan fingerprint density at radius 1 is 0.931 bits per heavy atom. The Labute approximate surface area is 171 Å². The highest BCUT2D eigenvalue weighted by Gasteiger charge is 2.14. The van der Waals surface area contributed by atoms with Crippen molar-refractivity contribution in [2.75, 3.05) is 17.2 Å². The van der Waals surface area contributed by atoms with Crippen LogP contribution in [0.2, 0.25) is 0 Å². The Morgan fingerprint density at radius 2 is 1.72 bits per heavy atom. The number of aromatic nitrogens is 1. The number of nitrogens with zero attached hydrogens (tertiary/aromatic N) is 1. The van der Waals surface area contributed by atoms with Crippen LogP contribution in [0.25, 0.3) is 10.8 Å². The fourth-order valence-corrected chi connectivity index (χ4v) is 3.36. The lowest BCUT2D eigenvalue weighted by molar-refractivity contribution is -0.118. The first-order chi connectivity index (χ1) is 14.2. The van der Waals surface area contributed by atoms with Crippen LogP contribution in [-0.4, -0.2) is 23.4 Å². The fraction of sp³-hybridized carbons (Fsp3) is 0.0455. The molecule has 0 unspecified atom stereocenters. The van der Waals surface area contributed by atoms with Gasteiger partial charge in [0.05, 0.1) is 11.3 Å². The zero-order chi connectivity index (χ0) is 20.1. The zero-order valence-corrected chi connectivity index (χ0v) is 16.1. The average Bonchev–Trinajstić information content (AvgIpc) is 3.25. The Balaban J connectivity index is 1.41. The Kier molecular flexibility index (Phi) is 5.49. The molecule has 3 aromatic carbocycles. The molecule has 2 amide bonds. The van der Waals surface area contributed by atoms with E-state index in [1.54, 1.807) is 35.8 Å². The molecule has 0 radical (unpaired) electrons. The van der Waals surface area contributed by atoms with Gasteiger partial charge in [0.2, 0.25) is 0 Å². The van der Waals surface area contributed by atoms with E-state index in [-0.39, 0.29) is 18.4 Å². The third-order valence-electron chi connectivity index (χ3n) is 4.19. The maximum absolute atomic E-state index is 12.5. The fourth-order valence-electron chi connectivity index (χ4n) is 2.83. The molecule has 1 heterocycles. The summed E-state index contributed by atoms with van der Waals surface area (Å²) in [6, 6.07) is 20.4. The molecule has 144 valence electrons. The highest BCUT2D eigenvalue weighted by Crippen LogP contribution is 2.21. The van der Waals surface area contributed by atoms with Crippen LogP contribution in [0.15, 0.2) is 78.3 Å². The lowest BCUT2D eigenvalue weighted by Gasteiger charge is -2.11. The summed E-state index contributed by atoms with van der Waals surface area (Å²) in [5.74, 6) is -0.0902. The van der Waals surface area contributed by atoms with Crippen molar-refractivity contribution in [2.24, 2.45) is 0 Å². The maximum Gasteiger partial charge on any atom is 0.262 e. The van der Waals surface area contributed by atoms with Crippen molar-refractivity contribution in [3.8, 4) is 5.75 Å². The first kappa shape index (κ1) is 18.6. The highest BCUT2D eigenvalue weighted by molar-refractivity contribution is 7.13. The third-order valence-corrected chi connectivity index (χ3v) is 4.88. The SMILES string of the molecule is O=C(COc1ccc2ccccc2c1)Nc1ccccc1C(=O)Nc1nccs1. The molecule has 2 N–H and O–H groups in total. The van der Waals surface area contributed by atoms with Gasteiger partial charge in [-0.25, -0.2) is 4.98 Å². The van der Waals surface area contributed by atoms with Gasteiger partial charge in [0.1, 0.15) is 5.75 Å². The number of thiazole rings is 1. The van der Waals surface area contributed by atoms with Gasteiger partial charge in [-0.2, -0.15) is 0 Å². The summed E-state index contributed by atoms with van der Waals surface area (Å²) < 4.78 is 5.61. The predicted octanol–water partition coefficient (Wildman–Crippen LogP) is 4.57. The smallest absolute Gasteiger partial charge is 0.262 e. The van der Waals surface area contributed by atoms with E-state index in [2.05, 4.69) is 15.6 Å². The van der Waals surface area contributed by atoms with Gasteiger partial charge in [-0.15, -0.1) is 11.3 Å². The number of ether oxygens (including phenoxy) is 1. The second-order valence-electron chi connectivity index (χ2n) is 6.18. The summed E-state index contributed by atoms with van der Waals surface area (Å²) in [5, 5.41) is 9.85. The van der Waals surface area contributed by atoms with Crippen LogP contribution >= 0.6 is 11.3 Å². The number of hydrogen-bond acceptors (Lipinski definition) is 5. The molecule has 7 heteroatoms. The van der Waals surface area contributed by atoms with Crippen LogP contribution in [0.4, 0.5) is 10.8 Å². The van der Waals surface area contributed by atoms with E-state index in [0.717, 1.165) is 10.8 Å².